The van der Waals surface area contributed by atoms with Crippen LogP contribution in [-0.2, 0) is 0 Å². The van der Waals surface area contributed by atoms with E-state index in [1.54, 1.807) is 30.3 Å². The molecule has 5 nitrogen and oxygen atoms in total. The number of carbonyl (C=O) groups excluding carboxylic acids is 1. The maximum absolute atomic E-state index is 12.8. The Labute approximate surface area is 142 Å². The zero-order valence-corrected chi connectivity index (χ0v) is 14.6. The van der Waals surface area contributed by atoms with E-state index < -0.39 is 5.78 Å². The number of benzene rings is 2. The third-order valence-corrected chi connectivity index (χ3v) is 4.07. The summed E-state index contributed by atoms with van der Waals surface area (Å²) in [5, 5.41) is 20.3. The average Bonchev–Trinajstić information content (AvgIpc) is 2.56. The summed E-state index contributed by atoms with van der Waals surface area (Å²) in [7, 11) is 3.79. The van der Waals surface area contributed by atoms with Gasteiger partial charge in [0.2, 0.25) is 5.78 Å². The molecule has 2 rings (SSSR count). The summed E-state index contributed by atoms with van der Waals surface area (Å²) in [4.78, 5) is 16.8. The van der Waals surface area contributed by atoms with Crippen molar-refractivity contribution in [2.75, 3.05) is 37.0 Å². The summed E-state index contributed by atoms with van der Waals surface area (Å²) in [6.45, 7) is 5.65. The molecule has 0 atom stereocenters. The number of phenolic OH excluding ortho intramolecular Hbond substituents is 2. The molecule has 24 heavy (non-hydrogen) atoms. The van der Waals surface area contributed by atoms with E-state index in [2.05, 4.69) is 4.90 Å². The van der Waals surface area contributed by atoms with Gasteiger partial charge in [0.25, 0.3) is 0 Å². The van der Waals surface area contributed by atoms with Gasteiger partial charge in [-0.05, 0) is 32.0 Å². The van der Waals surface area contributed by atoms with E-state index in [1.807, 2.05) is 32.8 Å². The molecule has 0 spiro atoms. The topological polar surface area (TPSA) is 64.0 Å². The molecule has 128 valence electrons. The van der Waals surface area contributed by atoms with Crippen LogP contribution in [0.5, 0.6) is 11.5 Å². The van der Waals surface area contributed by atoms with Crippen molar-refractivity contribution >= 4 is 17.2 Å². The molecular weight excluding hydrogens is 304 g/mol. The zero-order valence-electron chi connectivity index (χ0n) is 14.6. The van der Waals surface area contributed by atoms with E-state index in [1.165, 1.54) is 6.07 Å². The molecule has 0 bridgehead atoms. The van der Waals surface area contributed by atoms with Crippen molar-refractivity contribution in [3.63, 3.8) is 0 Å². The lowest BCUT2D eigenvalue weighted by Gasteiger charge is -2.28. The minimum atomic E-state index is -0.399. The van der Waals surface area contributed by atoms with E-state index in [0.29, 0.717) is 0 Å². The highest BCUT2D eigenvalue weighted by molar-refractivity contribution is 6.13. The molecule has 0 saturated carbocycles. The Kier molecular flexibility index (Phi) is 5.34. The molecule has 0 unspecified atom stereocenters. The second-order valence-electron chi connectivity index (χ2n) is 5.77. The Hall–Kier alpha value is -2.69. The Balaban J connectivity index is 2.61. The van der Waals surface area contributed by atoms with Crippen molar-refractivity contribution < 1.29 is 15.0 Å². The quantitative estimate of drug-likeness (QED) is 0.797. The number of rotatable bonds is 6. The monoisotopic (exact) mass is 328 g/mol. The number of hydrogen-bond acceptors (Lipinski definition) is 5. The van der Waals surface area contributed by atoms with Crippen molar-refractivity contribution in [2.45, 2.75) is 13.8 Å². The largest absolute Gasteiger partial charge is 0.507 e. The number of para-hydroxylation sites is 1. The number of carbonyl (C=O) groups is 1. The van der Waals surface area contributed by atoms with Crippen molar-refractivity contribution in [3.05, 3.63) is 47.5 Å². The van der Waals surface area contributed by atoms with Crippen LogP contribution in [0, 0.1) is 0 Å². The standard InChI is InChI=1S/C19H24N2O3/c1-5-21(6-2)16-11-14(18(23)12-15(16)20(3)4)19(24)13-9-7-8-10-17(13)22/h7-12,22-23H,5-6H2,1-4H3. The number of aromatic hydroxyl groups is 2. The molecule has 0 aliphatic rings. The summed E-state index contributed by atoms with van der Waals surface area (Å²) >= 11 is 0. The van der Waals surface area contributed by atoms with Crippen molar-refractivity contribution in [3.8, 4) is 11.5 Å². The van der Waals surface area contributed by atoms with Crippen LogP contribution >= 0.6 is 0 Å². The summed E-state index contributed by atoms with van der Waals surface area (Å²) in [5.41, 5.74) is 2.08. The van der Waals surface area contributed by atoms with Crippen molar-refractivity contribution in [1.29, 1.82) is 0 Å². The fourth-order valence-electron chi connectivity index (χ4n) is 2.73. The third kappa shape index (κ3) is 3.30. The van der Waals surface area contributed by atoms with Gasteiger partial charge in [-0.2, -0.15) is 0 Å². The molecule has 0 aliphatic carbocycles. The maximum atomic E-state index is 12.8. The molecule has 0 amide bonds. The van der Waals surface area contributed by atoms with Crippen LogP contribution in [0.2, 0.25) is 0 Å². The van der Waals surface area contributed by atoms with Crippen molar-refractivity contribution in [1.82, 2.24) is 0 Å². The average molecular weight is 328 g/mol. The van der Waals surface area contributed by atoms with E-state index in [9.17, 15) is 15.0 Å². The minimum Gasteiger partial charge on any atom is -0.507 e. The Morgan fingerprint density at radius 2 is 1.54 bits per heavy atom. The van der Waals surface area contributed by atoms with Gasteiger partial charge >= 0.3 is 0 Å². The van der Waals surface area contributed by atoms with E-state index in [0.717, 1.165) is 24.5 Å². The van der Waals surface area contributed by atoms with Crippen LogP contribution in [0.1, 0.15) is 29.8 Å². The van der Waals surface area contributed by atoms with Crippen molar-refractivity contribution in [2.24, 2.45) is 0 Å². The molecule has 0 radical (unpaired) electrons. The van der Waals surface area contributed by atoms with Crippen LogP contribution in [0.4, 0.5) is 11.4 Å². The molecule has 0 saturated heterocycles. The molecule has 2 N–H and O–H groups in total. The van der Waals surface area contributed by atoms with E-state index >= 15 is 0 Å². The van der Waals surface area contributed by atoms with Crippen LogP contribution in [0.25, 0.3) is 0 Å². The molecule has 0 aromatic heterocycles. The lowest BCUT2D eigenvalue weighted by molar-refractivity contribution is 0.103. The second kappa shape index (κ2) is 7.25. The van der Waals surface area contributed by atoms with Crippen LogP contribution in [-0.4, -0.2) is 43.2 Å². The first-order chi connectivity index (χ1) is 11.4. The number of anilines is 2. The third-order valence-electron chi connectivity index (χ3n) is 4.07. The van der Waals surface area contributed by atoms with Gasteiger partial charge in [-0.1, -0.05) is 12.1 Å². The van der Waals surface area contributed by atoms with E-state index in [-0.39, 0.29) is 22.6 Å². The number of phenols is 2. The number of nitrogens with zero attached hydrogens (tertiary/aromatic N) is 2. The lowest BCUT2D eigenvalue weighted by atomic mass is 9.99. The lowest BCUT2D eigenvalue weighted by Crippen LogP contribution is -2.25. The SMILES string of the molecule is CCN(CC)c1cc(C(=O)c2ccccc2O)c(O)cc1N(C)C. The predicted octanol–water partition coefficient (Wildman–Crippen LogP) is 3.24. The molecule has 2 aromatic carbocycles. The van der Waals surface area contributed by atoms with Gasteiger partial charge in [0, 0.05) is 33.3 Å². The Bertz CT molecular complexity index is 737. The Morgan fingerprint density at radius 1 is 0.917 bits per heavy atom. The molecular formula is C19H24N2O3. The molecule has 5 heteroatoms. The van der Waals surface area contributed by atoms with Crippen LogP contribution < -0.4 is 9.80 Å². The highest BCUT2D eigenvalue weighted by Gasteiger charge is 2.21. The highest BCUT2D eigenvalue weighted by Crippen LogP contribution is 2.36. The fourth-order valence-corrected chi connectivity index (χ4v) is 2.73. The van der Waals surface area contributed by atoms with Gasteiger partial charge in [0.15, 0.2) is 0 Å². The first kappa shape index (κ1) is 17.7. The summed E-state index contributed by atoms with van der Waals surface area (Å²) in [6.07, 6.45) is 0. The molecule has 0 aliphatic heterocycles. The van der Waals surface area contributed by atoms with Crippen LogP contribution in [0.3, 0.4) is 0 Å². The second-order valence-corrected chi connectivity index (χ2v) is 5.77. The van der Waals surface area contributed by atoms with Gasteiger partial charge in [-0.25, -0.2) is 0 Å². The first-order valence-electron chi connectivity index (χ1n) is 8.02. The van der Waals surface area contributed by atoms with Gasteiger partial charge in [-0.15, -0.1) is 0 Å². The van der Waals surface area contributed by atoms with Crippen LogP contribution in [0.15, 0.2) is 36.4 Å². The summed E-state index contributed by atoms with van der Waals surface area (Å²) < 4.78 is 0. The molecule has 0 heterocycles. The minimum absolute atomic E-state index is 0.0945. The number of ketones is 1. The van der Waals surface area contributed by atoms with E-state index in [4.69, 9.17) is 0 Å². The Morgan fingerprint density at radius 3 is 2.08 bits per heavy atom. The normalized spacial score (nSPS) is 10.5. The smallest absolute Gasteiger partial charge is 0.200 e. The fraction of sp³-hybridized carbons (Fsp3) is 0.316. The highest BCUT2D eigenvalue weighted by atomic mass is 16.3. The van der Waals surface area contributed by atoms with Gasteiger partial charge in [0.05, 0.1) is 22.5 Å². The number of hydrogen-bond donors (Lipinski definition) is 2. The maximum Gasteiger partial charge on any atom is 0.200 e. The summed E-state index contributed by atoms with van der Waals surface area (Å²) in [6, 6.07) is 9.65. The van der Waals surface area contributed by atoms with Gasteiger partial charge in [0.1, 0.15) is 11.5 Å². The zero-order chi connectivity index (χ0) is 17.9. The molecule has 0 fully saturated rings. The summed E-state index contributed by atoms with van der Waals surface area (Å²) in [5.74, 6) is -0.588. The predicted molar refractivity (Wildman–Crippen MR) is 97.5 cm³/mol. The first-order valence-corrected chi connectivity index (χ1v) is 8.02. The van der Waals surface area contributed by atoms with Gasteiger partial charge < -0.3 is 20.0 Å². The molecule has 2 aromatic rings. The van der Waals surface area contributed by atoms with Gasteiger partial charge in [-0.3, -0.25) is 4.79 Å².